The predicted octanol–water partition coefficient (Wildman–Crippen LogP) is 6.96. The monoisotopic (exact) mass is 621 g/mol. The first kappa shape index (κ1) is 29.0. The highest BCUT2D eigenvalue weighted by molar-refractivity contribution is 7.18. The molecule has 0 saturated carbocycles. The summed E-state index contributed by atoms with van der Waals surface area (Å²) < 4.78 is 8.44. The Morgan fingerprint density at radius 1 is 1.05 bits per heavy atom. The molecule has 6 aromatic rings. The van der Waals surface area contributed by atoms with Crippen LogP contribution in [0, 0.1) is 32.1 Å². The smallest absolute Gasteiger partial charge is 0.338 e. The Hall–Kier alpha value is -5.11. The number of carboxylic acids is 1. The molecule has 4 aromatic heterocycles. The second kappa shape index (κ2) is 11.5. The first-order valence-electron chi connectivity index (χ1n) is 13.6. The van der Waals surface area contributed by atoms with E-state index < -0.39 is 5.97 Å². The lowest BCUT2D eigenvalue weighted by Crippen LogP contribution is -2.27. The Kier molecular flexibility index (Phi) is 7.59. The van der Waals surface area contributed by atoms with Crippen LogP contribution in [0.25, 0.3) is 43.5 Å². The third kappa shape index (κ3) is 5.06. The van der Waals surface area contributed by atoms with Crippen LogP contribution in [-0.4, -0.2) is 37.2 Å². The fourth-order valence-corrected chi connectivity index (χ4v) is 6.48. The van der Waals surface area contributed by atoms with Crippen LogP contribution < -0.4 is 10.3 Å². The molecule has 0 spiro atoms. The normalized spacial score (nSPS) is 11.2. The molecule has 0 amide bonds. The number of carboxylic acid groups (broad SMARTS) is 1. The maximum Gasteiger partial charge on any atom is 0.338 e. The van der Waals surface area contributed by atoms with E-state index in [1.807, 2.05) is 36.4 Å². The van der Waals surface area contributed by atoms with Crippen LogP contribution >= 0.6 is 22.9 Å². The molecule has 11 heteroatoms. The zero-order chi connectivity index (χ0) is 31.1. The van der Waals surface area contributed by atoms with E-state index in [0.717, 1.165) is 11.1 Å². The quantitative estimate of drug-likeness (QED) is 0.202. The van der Waals surface area contributed by atoms with Gasteiger partial charge in [-0.2, -0.15) is 5.26 Å². The molecule has 44 heavy (non-hydrogen) atoms. The molecule has 0 saturated heterocycles. The van der Waals surface area contributed by atoms with Crippen LogP contribution in [-0.2, 0) is 6.54 Å². The SMILES string of the molecule is Cc1cc(-c2cc(Cl)ccc2OCCn2c(C)nc3c(C)nc(-c4ccccc4)c(C#N)c3c2=O)c2scc(C(=O)O)c2n1. The second-order valence-corrected chi connectivity index (χ2v) is 11.5. The summed E-state index contributed by atoms with van der Waals surface area (Å²) in [5.41, 5.74) is 4.57. The maximum atomic E-state index is 13.9. The lowest BCUT2D eigenvalue weighted by Gasteiger charge is -2.16. The number of nitrogens with zero attached hydrogens (tertiary/aromatic N) is 5. The van der Waals surface area contributed by atoms with E-state index in [9.17, 15) is 20.0 Å². The van der Waals surface area contributed by atoms with Crippen LogP contribution in [0.3, 0.4) is 0 Å². The zero-order valence-corrected chi connectivity index (χ0v) is 25.5. The van der Waals surface area contributed by atoms with Crippen LogP contribution in [0.5, 0.6) is 5.75 Å². The molecule has 0 radical (unpaired) electrons. The van der Waals surface area contributed by atoms with Gasteiger partial charge in [-0.3, -0.25) is 14.3 Å². The van der Waals surface area contributed by atoms with E-state index in [2.05, 4.69) is 21.0 Å². The minimum Gasteiger partial charge on any atom is -0.491 e. The molecular formula is C33H24ClN5O4S. The number of halogens is 1. The molecule has 0 unspecified atom stereocenters. The minimum atomic E-state index is -1.05. The van der Waals surface area contributed by atoms with Crippen molar-refractivity contribution in [2.75, 3.05) is 6.61 Å². The molecule has 1 N–H and O–H groups in total. The molecule has 4 heterocycles. The third-order valence-electron chi connectivity index (χ3n) is 7.31. The lowest BCUT2D eigenvalue weighted by atomic mass is 10.0. The van der Waals surface area contributed by atoms with E-state index >= 15 is 0 Å². The van der Waals surface area contributed by atoms with Crippen LogP contribution in [0.4, 0.5) is 0 Å². The summed E-state index contributed by atoms with van der Waals surface area (Å²) >= 11 is 7.68. The summed E-state index contributed by atoms with van der Waals surface area (Å²) in [6, 6.07) is 18.6. The number of aromatic carboxylic acids is 1. The molecular weight excluding hydrogens is 598 g/mol. The number of hydrogen-bond acceptors (Lipinski definition) is 8. The van der Waals surface area contributed by atoms with Crippen LogP contribution in [0.1, 0.15) is 33.1 Å². The summed E-state index contributed by atoms with van der Waals surface area (Å²) in [5.74, 6) is -0.0702. The van der Waals surface area contributed by atoms with E-state index in [0.29, 0.717) is 55.0 Å². The highest BCUT2D eigenvalue weighted by atomic mass is 35.5. The van der Waals surface area contributed by atoms with Gasteiger partial charge in [0.2, 0.25) is 0 Å². The van der Waals surface area contributed by atoms with Crippen LogP contribution in [0.15, 0.2) is 64.8 Å². The van der Waals surface area contributed by atoms with Crippen molar-refractivity contribution in [3.05, 3.63) is 104 Å². The number of ether oxygens (including phenoxy) is 1. The number of benzene rings is 2. The van der Waals surface area contributed by atoms with Crippen molar-refractivity contribution in [1.82, 2.24) is 19.5 Å². The van der Waals surface area contributed by atoms with Gasteiger partial charge in [0.15, 0.2) is 0 Å². The topological polar surface area (TPSA) is 131 Å². The zero-order valence-electron chi connectivity index (χ0n) is 23.9. The van der Waals surface area contributed by atoms with Gasteiger partial charge in [0.1, 0.15) is 29.8 Å². The standard InChI is InChI=1S/C33H24ClN5O4S/c1-17-13-23(31-30(36-17)25(16-44-31)33(41)42)22-14-21(34)9-10-26(22)43-12-11-39-19(3)38-28-18(2)37-29(20-7-5-4-6-8-20)24(15-35)27(28)32(39)40/h4-10,13-14,16H,11-12H2,1-3H3,(H,41,42). The van der Waals surface area contributed by atoms with Gasteiger partial charge in [-0.15, -0.1) is 11.3 Å². The number of nitriles is 1. The van der Waals surface area contributed by atoms with Gasteiger partial charge in [0.05, 0.1) is 44.7 Å². The first-order valence-corrected chi connectivity index (χ1v) is 14.9. The second-order valence-electron chi connectivity index (χ2n) is 10.2. The Labute approximate surface area is 260 Å². The fraction of sp³-hybridized carbons (Fsp3) is 0.152. The number of fused-ring (bicyclic) bond motifs is 2. The Morgan fingerprint density at radius 3 is 2.55 bits per heavy atom. The van der Waals surface area contributed by atoms with Crippen molar-refractivity contribution in [1.29, 1.82) is 5.26 Å². The van der Waals surface area contributed by atoms with Gasteiger partial charge < -0.3 is 9.84 Å². The minimum absolute atomic E-state index is 0.109. The molecule has 9 nitrogen and oxygen atoms in total. The Balaban J connectivity index is 1.38. The highest BCUT2D eigenvalue weighted by Gasteiger charge is 2.21. The van der Waals surface area contributed by atoms with Crippen molar-refractivity contribution in [3.8, 4) is 34.2 Å². The lowest BCUT2D eigenvalue weighted by molar-refractivity contribution is 0.0699. The average molecular weight is 622 g/mol. The number of hydrogen-bond donors (Lipinski definition) is 1. The van der Waals surface area contributed by atoms with Gasteiger partial charge in [0.25, 0.3) is 5.56 Å². The molecule has 2 aromatic carbocycles. The van der Waals surface area contributed by atoms with E-state index in [-0.39, 0.29) is 35.2 Å². The van der Waals surface area contributed by atoms with Gasteiger partial charge in [0, 0.05) is 32.8 Å². The van der Waals surface area contributed by atoms with Crippen molar-refractivity contribution in [3.63, 3.8) is 0 Å². The molecule has 218 valence electrons. The van der Waals surface area contributed by atoms with E-state index in [1.54, 1.807) is 44.4 Å². The number of aromatic nitrogens is 4. The Bertz CT molecular complexity index is 2220. The molecule has 0 fully saturated rings. The Morgan fingerprint density at radius 2 is 1.82 bits per heavy atom. The molecule has 0 aliphatic heterocycles. The summed E-state index contributed by atoms with van der Waals surface area (Å²) in [6.07, 6.45) is 0. The summed E-state index contributed by atoms with van der Waals surface area (Å²) in [6.45, 7) is 5.59. The number of aryl methyl sites for hydroxylation is 3. The maximum absolute atomic E-state index is 13.9. The van der Waals surface area contributed by atoms with Crippen molar-refractivity contribution in [2.45, 2.75) is 27.3 Å². The molecule has 0 aliphatic carbocycles. The average Bonchev–Trinajstić information content (AvgIpc) is 3.44. The number of thiophene rings is 1. The van der Waals surface area contributed by atoms with Gasteiger partial charge in [-0.25, -0.2) is 14.8 Å². The predicted molar refractivity (Wildman–Crippen MR) is 171 cm³/mol. The third-order valence-corrected chi connectivity index (χ3v) is 8.55. The summed E-state index contributed by atoms with van der Waals surface area (Å²) in [5, 5.41) is 22.1. The van der Waals surface area contributed by atoms with Crippen molar-refractivity contribution < 1.29 is 14.6 Å². The molecule has 0 aliphatic rings. The molecule has 6 rings (SSSR count). The summed E-state index contributed by atoms with van der Waals surface area (Å²) in [4.78, 5) is 39.5. The van der Waals surface area contributed by atoms with Crippen molar-refractivity contribution >= 4 is 50.0 Å². The van der Waals surface area contributed by atoms with Crippen LogP contribution in [0.2, 0.25) is 5.02 Å². The molecule has 0 atom stereocenters. The number of rotatable bonds is 7. The molecule has 0 bridgehead atoms. The summed E-state index contributed by atoms with van der Waals surface area (Å²) in [7, 11) is 0. The highest BCUT2D eigenvalue weighted by Crippen LogP contribution is 2.40. The van der Waals surface area contributed by atoms with Gasteiger partial charge >= 0.3 is 5.97 Å². The van der Waals surface area contributed by atoms with E-state index in [4.69, 9.17) is 16.3 Å². The van der Waals surface area contributed by atoms with Gasteiger partial charge in [-0.05, 0) is 45.0 Å². The largest absolute Gasteiger partial charge is 0.491 e. The number of pyridine rings is 2. The van der Waals surface area contributed by atoms with Gasteiger partial charge in [-0.1, -0.05) is 41.9 Å². The van der Waals surface area contributed by atoms with E-state index in [1.165, 1.54) is 15.9 Å². The first-order chi connectivity index (χ1) is 21.2. The fourth-order valence-electron chi connectivity index (χ4n) is 5.29. The van der Waals surface area contributed by atoms with Crippen molar-refractivity contribution in [2.24, 2.45) is 0 Å². The number of carbonyl (C=O) groups is 1.